The lowest BCUT2D eigenvalue weighted by atomic mass is 9.72. The number of benzene rings is 4. The fraction of sp³-hybridized carbons (Fsp3) is 0.431. The molecular formula is C65H75ClN10O9S2. The largest absolute Gasteiger partial charge is 0.455 e. The Labute approximate surface area is 513 Å². The van der Waals surface area contributed by atoms with E-state index in [1.807, 2.05) is 30.3 Å². The molecule has 1 unspecified atom stereocenters. The molecule has 4 aromatic carbocycles. The number of piperazine rings is 2. The number of nitrogens with one attached hydrogen (secondary N) is 4. The van der Waals surface area contributed by atoms with Gasteiger partial charge in [-0.25, -0.2) is 26.5 Å². The van der Waals surface area contributed by atoms with Crippen molar-refractivity contribution in [2.24, 2.45) is 11.3 Å². The Morgan fingerprint density at radius 3 is 2.30 bits per heavy atom. The number of hydrogen-bond donors (Lipinski definition) is 4. The number of H-pyrrole nitrogens is 1. The summed E-state index contributed by atoms with van der Waals surface area (Å²) in [5.41, 5.74) is 8.65. The van der Waals surface area contributed by atoms with Gasteiger partial charge in [0.15, 0.2) is 9.84 Å². The van der Waals surface area contributed by atoms with E-state index in [4.69, 9.17) is 16.3 Å². The lowest BCUT2D eigenvalue weighted by molar-refractivity contribution is -0.136. The number of allylic oxidation sites excluding steroid dienone is 1. The highest BCUT2D eigenvalue weighted by atomic mass is 35.5. The number of sulfone groups is 1. The number of amides is 4. The van der Waals surface area contributed by atoms with Crippen molar-refractivity contribution in [3.8, 4) is 11.5 Å². The van der Waals surface area contributed by atoms with E-state index >= 15 is 0 Å². The highest BCUT2D eigenvalue weighted by Crippen LogP contribution is 2.44. The molecule has 12 rings (SSSR count). The molecule has 6 aliphatic rings. The third-order valence-electron chi connectivity index (χ3n) is 18.5. The summed E-state index contributed by atoms with van der Waals surface area (Å²) in [7, 11) is -8.55. The van der Waals surface area contributed by atoms with Gasteiger partial charge in [-0.3, -0.25) is 39.2 Å². The fourth-order valence-electron chi connectivity index (χ4n) is 13.6. The number of pyridine rings is 1. The Morgan fingerprint density at radius 2 is 1.55 bits per heavy atom. The number of sulfonamides is 1. The zero-order chi connectivity index (χ0) is 60.8. The van der Waals surface area contributed by atoms with Gasteiger partial charge in [0.05, 0.1) is 27.2 Å². The van der Waals surface area contributed by atoms with Crippen molar-refractivity contribution < 1.29 is 40.8 Å². The van der Waals surface area contributed by atoms with E-state index in [1.54, 1.807) is 35.4 Å². The van der Waals surface area contributed by atoms with Crippen LogP contribution in [0.2, 0.25) is 5.02 Å². The maximum absolute atomic E-state index is 14.3. The van der Waals surface area contributed by atoms with Gasteiger partial charge in [-0.15, -0.1) is 0 Å². The molecule has 3 saturated heterocycles. The van der Waals surface area contributed by atoms with Crippen LogP contribution in [0.3, 0.4) is 0 Å². The van der Waals surface area contributed by atoms with Crippen molar-refractivity contribution in [3.05, 3.63) is 142 Å². The standard InChI is InChI=1S/C65H75ClN10O9S2/c1-65(2)22-20-46(55(36-65)44-7-9-48(66)10-8-44)40-73-26-30-75(31-27-73)50-13-16-54(58(34-50)85-51-33-45-21-23-67-61(45)69-38-51)62(78)71-87(83,84)52-14-17-56(59(35-52)86(3,81)82)68-37-42-4-11-49(12-5-42)74-28-24-72(25-29-74)39-43-6-15-53-47(32-43)41-76(64(53)80)57-18-19-60(77)70-63(57)79/h6-10,13-17,21,23,32-35,38,42,49,57,68H,4-5,11-12,18-20,22,24-31,36-37,39-41H2,1-3H3,(H,67,69)(H,71,78)(H,70,77,79). The highest BCUT2D eigenvalue weighted by Gasteiger charge is 2.40. The summed E-state index contributed by atoms with van der Waals surface area (Å²) < 4.78 is 63.6. The smallest absolute Gasteiger partial charge is 0.268 e. The van der Waals surface area contributed by atoms with Crippen molar-refractivity contribution in [1.82, 2.24) is 39.6 Å². The highest BCUT2D eigenvalue weighted by molar-refractivity contribution is 7.91. The number of carbonyl (C=O) groups excluding carboxylic acids is 4. The second-order valence-electron chi connectivity index (χ2n) is 25.2. The monoisotopic (exact) mass is 1240 g/mol. The Balaban J connectivity index is 0.655. The molecule has 6 aromatic rings. The van der Waals surface area contributed by atoms with E-state index < -0.39 is 37.7 Å². The number of imide groups is 1. The number of aromatic amines is 1. The van der Waals surface area contributed by atoms with Crippen molar-refractivity contribution in [1.29, 1.82) is 0 Å². The molecule has 2 aromatic heterocycles. The first-order chi connectivity index (χ1) is 41.7. The van der Waals surface area contributed by atoms with Crippen LogP contribution in [-0.2, 0) is 42.5 Å². The molecule has 4 fully saturated rings. The third-order valence-corrected chi connectivity index (χ3v) is 21.3. The summed E-state index contributed by atoms with van der Waals surface area (Å²) in [5, 5.41) is 7.21. The SMILES string of the molecule is CC1(C)CCC(CN2CCN(c3ccc(C(=O)NS(=O)(=O)c4ccc(NCC5CCC(N6CCN(Cc7ccc8c(c7)CN(C7CCC(=O)NC7=O)C8=O)CC6)CC5)c(S(C)(=O)=O)c4)c(Oc4cnc5[nH]ccc5c4)c3)CC2)=C(c2ccc(Cl)cc2)C1. The second-order valence-corrected chi connectivity index (χ2v) is 29.3. The number of halogens is 1. The van der Waals surface area contributed by atoms with Crippen LogP contribution in [0, 0.1) is 11.3 Å². The number of anilines is 2. The number of piperidine rings is 1. The molecule has 4 amide bonds. The van der Waals surface area contributed by atoms with Crippen molar-refractivity contribution in [3.63, 3.8) is 0 Å². The molecule has 1 saturated carbocycles. The van der Waals surface area contributed by atoms with Gasteiger partial charge in [-0.05, 0) is 146 Å². The van der Waals surface area contributed by atoms with Crippen LogP contribution in [0.4, 0.5) is 11.4 Å². The molecule has 4 aliphatic heterocycles. The molecule has 6 heterocycles. The zero-order valence-electron chi connectivity index (χ0n) is 49.4. The molecule has 22 heteroatoms. The molecule has 2 aliphatic carbocycles. The summed E-state index contributed by atoms with van der Waals surface area (Å²) in [6.07, 6.45) is 11.9. The fourth-order valence-corrected chi connectivity index (χ4v) is 15.7. The number of carbonyl (C=O) groups is 4. The Bertz CT molecular complexity index is 3900. The van der Waals surface area contributed by atoms with Crippen LogP contribution >= 0.6 is 11.6 Å². The van der Waals surface area contributed by atoms with Gasteiger partial charge in [0.25, 0.3) is 21.8 Å². The van der Waals surface area contributed by atoms with Gasteiger partial charge >= 0.3 is 0 Å². The molecule has 0 bridgehead atoms. The predicted molar refractivity (Wildman–Crippen MR) is 335 cm³/mol. The second kappa shape index (κ2) is 24.8. The average Bonchev–Trinajstić information content (AvgIpc) is 3.10. The van der Waals surface area contributed by atoms with E-state index in [0.29, 0.717) is 61.3 Å². The number of hydrogen-bond acceptors (Lipinski definition) is 15. The van der Waals surface area contributed by atoms with Crippen molar-refractivity contribution >= 4 is 83.1 Å². The Kier molecular flexibility index (Phi) is 17.1. The normalized spacial score (nSPS) is 21.7. The van der Waals surface area contributed by atoms with Crippen molar-refractivity contribution in [2.75, 3.05) is 81.9 Å². The molecule has 87 heavy (non-hydrogen) atoms. The maximum Gasteiger partial charge on any atom is 0.268 e. The van der Waals surface area contributed by atoms with Crippen molar-refractivity contribution in [2.45, 2.75) is 107 Å². The van der Waals surface area contributed by atoms with Gasteiger partial charge in [-0.2, -0.15) is 0 Å². The predicted octanol–water partition coefficient (Wildman–Crippen LogP) is 8.87. The van der Waals surface area contributed by atoms with E-state index in [0.717, 1.165) is 137 Å². The lowest BCUT2D eigenvalue weighted by Crippen LogP contribution is -2.52. The van der Waals surface area contributed by atoms with E-state index in [2.05, 4.69) is 77.0 Å². The summed E-state index contributed by atoms with van der Waals surface area (Å²) >= 11 is 6.28. The van der Waals surface area contributed by atoms with Gasteiger partial charge < -0.3 is 24.8 Å². The number of rotatable bonds is 17. The first-order valence-electron chi connectivity index (χ1n) is 30.3. The van der Waals surface area contributed by atoms with Crippen LogP contribution in [0.5, 0.6) is 11.5 Å². The van der Waals surface area contributed by atoms with E-state index in [9.17, 15) is 36.0 Å². The molecule has 458 valence electrons. The minimum atomic E-state index is -4.61. The third kappa shape index (κ3) is 13.6. The minimum Gasteiger partial charge on any atom is -0.455 e. The summed E-state index contributed by atoms with van der Waals surface area (Å²) in [6.45, 7) is 13.9. The number of aromatic nitrogens is 2. The first-order valence-corrected chi connectivity index (χ1v) is 34.0. The maximum atomic E-state index is 14.3. The van der Waals surface area contributed by atoms with Gasteiger partial charge in [0.1, 0.15) is 23.2 Å². The molecule has 1 atom stereocenters. The topological polar surface area (TPSA) is 227 Å². The molecule has 0 radical (unpaired) electrons. The van der Waals surface area contributed by atoms with Crippen LogP contribution in [0.15, 0.2) is 119 Å². The number of fused-ring (bicyclic) bond motifs is 2. The summed E-state index contributed by atoms with van der Waals surface area (Å²) in [6, 6.07) is 26.5. The lowest BCUT2D eigenvalue weighted by Gasteiger charge is -2.42. The minimum absolute atomic E-state index is 0.0364. The zero-order valence-corrected chi connectivity index (χ0v) is 51.8. The summed E-state index contributed by atoms with van der Waals surface area (Å²) in [4.78, 5) is 70.0. The van der Waals surface area contributed by atoms with E-state index in [-0.39, 0.29) is 50.7 Å². The van der Waals surface area contributed by atoms with Crippen LogP contribution < -0.4 is 25.0 Å². The number of ether oxygens (including phenoxy) is 1. The van der Waals surface area contributed by atoms with Gasteiger partial charge in [0, 0.05) is 131 Å². The Hall–Kier alpha value is -7.14. The van der Waals surface area contributed by atoms with E-state index in [1.165, 1.54) is 35.0 Å². The Morgan fingerprint density at radius 1 is 0.805 bits per heavy atom. The summed E-state index contributed by atoms with van der Waals surface area (Å²) in [5.74, 6) is -1.09. The average molecular weight is 1240 g/mol. The number of nitrogens with zero attached hydrogens (tertiary/aromatic N) is 6. The molecule has 0 spiro atoms. The van der Waals surface area contributed by atoms with Crippen LogP contribution in [0.1, 0.15) is 109 Å². The van der Waals surface area contributed by atoms with Gasteiger partial charge in [0.2, 0.25) is 11.8 Å². The molecule has 19 nitrogen and oxygen atoms in total. The first kappa shape index (κ1) is 60.2. The quantitative estimate of drug-likeness (QED) is 0.0626. The van der Waals surface area contributed by atoms with Gasteiger partial charge in [-0.1, -0.05) is 55.3 Å². The van der Waals surface area contributed by atoms with Crippen LogP contribution in [-0.4, -0.2) is 154 Å². The molecule has 4 N–H and O–H groups in total. The van der Waals surface area contributed by atoms with Crippen LogP contribution in [0.25, 0.3) is 16.6 Å². The molecular weight excluding hydrogens is 1160 g/mol.